The number of halogens is 4. The Morgan fingerprint density at radius 1 is 0.558 bits per heavy atom. The van der Waals surface area contributed by atoms with Gasteiger partial charge >= 0.3 is 12.1 Å². The molecule has 2 unspecified atom stereocenters. The van der Waals surface area contributed by atoms with Crippen LogP contribution in [0.25, 0.3) is 0 Å². The average Bonchev–Trinajstić information content (AvgIpc) is 2.27. The number of urea groups is 2. The summed E-state index contributed by atoms with van der Waals surface area (Å²) in [5.74, 6) is 1.31. The number of benzene rings is 4. The van der Waals surface area contributed by atoms with Gasteiger partial charge in [-0.15, -0.1) is 0 Å². The summed E-state index contributed by atoms with van der Waals surface area (Å²) in [5, 5.41) is 13.5. The third kappa shape index (κ3) is 20.8. The number of hydrogen-bond acceptors (Lipinski definition) is 14. The highest BCUT2D eigenvalue weighted by molar-refractivity contribution is 7.83. The predicted molar refractivity (Wildman–Crippen MR) is 338 cm³/mol. The molecule has 474 valence electrons. The highest BCUT2D eigenvalue weighted by atomic mass is 35.5. The molecule has 4 aromatic carbocycles. The minimum Gasteiger partial charge on any atom is -0.484 e. The van der Waals surface area contributed by atoms with Gasteiger partial charge in [0, 0.05) is 94.7 Å². The van der Waals surface area contributed by atoms with Crippen molar-refractivity contribution in [3.8, 4) is 11.5 Å². The molecule has 0 aromatic heterocycles. The van der Waals surface area contributed by atoms with Gasteiger partial charge in [-0.05, 0) is 162 Å². The van der Waals surface area contributed by atoms with E-state index in [9.17, 15) is 18.0 Å². The van der Waals surface area contributed by atoms with Gasteiger partial charge in [-0.25, -0.2) is 27.5 Å². The lowest BCUT2D eigenvalue weighted by molar-refractivity contribution is 0.0444. The second-order valence-corrected chi connectivity index (χ2v) is 26.5. The second kappa shape index (κ2) is 34.9. The van der Waals surface area contributed by atoms with Crippen molar-refractivity contribution in [1.29, 1.82) is 0 Å². The number of fused-ring (bicyclic) bond motifs is 2. The van der Waals surface area contributed by atoms with Crippen molar-refractivity contribution in [2.75, 3.05) is 105 Å². The van der Waals surface area contributed by atoms with Gasteiger partial charge in [-0.1, -0.05) is 46.4 Å². The number of nitrogens with two attached hydrogens (primary N) is 2. The number of nitrogens with one attached hydrogen (secondary N) is 6. The van der Waals surface area contributed by atoms with Crippen molar-refractivity contribution in [3.05, 3.63) is 115 Å². The summed E-state index contributed by atoms with van der Waals surface area (Å²) < 4.78 is 68.4. The van der Waals surface area contributed by atoms with Crippen molar-refractivity contribution in [1.82, 2.24) is 40.5 Å². The molecule has 20 nitrogen and oxygen atoms in total. The minimum absolute atomic E-state index is 0.0691. The molecule has 86 heavy (non-hydrogen) atoms. The van der Waals surface area contributed by atoms with E-state index in [0.717, 1.165) is 87.0 Å². The largest absolute Gasteiger partial charge is 0.484 e. The fraction of sp³-hybridized carbons (Fsp3) is 0.567. The fourth-order valence-electron chi connectivity index (χ4n) is 11.2. The van der Waals surface area contributed by atoms with E-state index >= 15 is 0 Å². The van der Waals surface area contributed by atoms with Gasteiger partial charge in [0.1, 0.15) is 45.7 Å². The standard InChI is InChI=1S/C60H84Cl4N10O10S2/c1-39(71-85(77)47-13-9-45(10-14-47)83-57-51-29-41(61)31-53(63)49(51)33-55(57)73-21-5-7-43(65)35-73)37-81-27-25-79-23-19-69-59(75)67-17-3-4-18-68-60(76)70-20-24-80-26-28-82-38-40(2)72-86(78)48-15-11-46(12-16-48)84-58-52-30-42(62)32-54(64)50(52)34-56(58)74-22-6-8-44(66)36-74/h9-16,29-32,39-40,43-44,55-58,71-72H,3-8,17-28,33-38,65-66H2,1-2H3,(H2,67,69,75)(H2,68,70,76)/t39-,40-,43-,44-,55+,56+,57+,58+,85?,86?/m1/s1. The first-order chi connectivity index (χ1) is 41.6. The van der Waals surface area contributed by atoms with Gasteiger partial charge in [0.05, 0.1) is 74.7 Å². The van der Waals surface area contributed by atoms with Crippen molar-refractivity contribution < 1.29 is 46.4 Å². The highest BCUT2D eigenvalue weighted by Crippen LogP contribution is 2.45. The Bertz CT molecular complexity index is 2670. The predicted octanol–water partition coefficient (Wildman–Crippen LogP) is 7.38. The zero-order valence-corrected chi connectivity index (χ0v) is 53.6. The molecule has 0 spiro atoms. The first kappa shape index (κ1) is 68.0. The van der Waals surface area contributed by atoms with Gasteiger partial charge in [-0.3, -0.25) is 9.80 Å². The summed E-state index contributed by atoms with van der Waals surface area (Å²) in [4.78, 5) is 30.4. The van der Waals surface area contributed by atoms with Crippen LogP contribution in [-0.2, 0) is 53.8 Å². The van der Waals surface area contributed by atoms with E-state index in [1.807, 2.05) is 50.2 Å². The van der Waals surface area contributed by atoms with Crippen LogP contribution in [-0.4, -0.2) is 172 Å². The Morgan fingerprint density at radius 3 is 1.34 bits per heavy atom. The average molecular weight is 1310 g/mol. The molecule has 2 fully saturated rings. The van der Waals surface area contributed by atoms with Gasteiger partial charge in [0.25, 0.3) is 0 Å². The molecular formula is C60H84Cl4N10O10S2. The van der Waals surface area contributed by atoms with E-state index in [4.69, 9.17) is 86.3 Å². The first-order valence-electron chi connectivity index (χ1n) is 29.8. The van der Waals surface area contributed by atoms with Crippen molar-refractivity contribution in [2.45, 2.75) is 123 Å². The lowest BCUT2D eigenvalue weighted by atomic mass is 10.0. The van der Waals surface area contributed by atoms with Crippen LogP contribution in [0.5, 0.6) is 11.5 Å². The number of likely N-dealkylation sites (tertiary alicyclic amines) is 2. The summed E-state index contributed by atoms with van der Waals surface area (Å²) in [5.41, 5.74) is 16.8. The van der Waals surface area contributed by atoms with Crippen molar-refractivity contribution in [3.63, 3.8) is 0 Å². The van der Waals surface area contributed by atoms with Crippen LogP contribution in [0.1, 0.15) is 86.8 Å². The number of amides is 4. The maximum atomic E-state index is 13.2. The van der Waals surface area contributed by atoms with E-state index in [2.05, 4.69) is 40.5 Å². The SMILES string of the molecule is C[C@H](COCCOCCNC(=O)NCCCCNC(=O)NCCOCCOC[C@@H](C)NS(=O)c1ccc(O[C@H]2c3cc(Cl)cc(Cl)c3C[C@@H]2N2CCC[C@@H](N)C2)cc1)NS(=O)c1ccc(O[C@H]2c3cc(Cl)cc(Cl)c3C[C@@H]2N2CCC[C@@H](N)C2)cc1. The molecule has 26 heteroatoms. The van der Waals surface area contributed by atoms with Crippen molar-refractivity contribution >= 4 is 80.4 Å². The Hall–Kier alpha value is -3.92. The Labute approximate surface area is 530 Å². The third-order valence-electron chi connectivity index (χ3n) is 15.4. The molecule has 2 saturated heterocycles. The summed E-state index contributed by atoms with van der Waals surface area (Å²) in [6.07, 6.45) is 6.38. The Balaban J connectivity index is 0.581. The number of hydrogen-bond donors (Lipinski definition) is 8. The quantitative estimate of drug-likeness (QED) is 0.0217. The minimum atomic E-state index is -1.48. The van der Waals surface area contributed by atoms with E-state index < -0.39 is 22.0 Å². The normalized spacial score (nSPS) is 21.9. The zero-order chi connectivity index (χ0) is 61.0. The van der Waals surface area contributed by atoms with Crippen molar-refractivity contribution in [2.24, 2.45) is 11.5 Å². The van der Waals surface area contributed by atoms with E-state index in [0.29, 0.717) is 133 Å². The molecule has 8 rings (SSSR count). The van der Waals surface area contributed by atoms with Crippen LogP contribution in [0.4, 0.5) is 9.59 Å². The van der Waals surface area contributed by atoms with Crippen LogP contribution in [0, 0.1) is 0 Å². The Kier molecular flexibility index (Phi) is 27.6. The number of unbranched alkanes of at least 4 members (excludes halogenated alkanes) is 1. The van der Waals surface area contributed by atoms with Gasteiger partial charge < -0.3 is 61.2 Å². The molecule has 0 saturated carbocycles. The molecule has 10 N–H and O–H groups in total. The fourth-order valence-corrected chi connectivity index (χ4v) is 14.3. The zero-order valence-electron chi connectivity index (χ0n) is 49.0. The molecule has 4 amide bonds. The summed E-state index contributed by atoms with van der Waals surface area (Å²) >= 11 is 26.2. The number of rotatable bonds is 33. The highest BCUT2D eigenvalue weighted by Gasteiger charge is 2.42. The first-order valence-corrected chi connectivity index (χ1v) is 33.6. The molecule has 10 atom stereocenters. The maximum absolute atomic E-state index is 13.2. The number of carbonyl (C=O) groups is 2. The summed E-state index contributed by atoms with van der Waals surface area (Å²) in [6.45, 7) is 11.4. The van der Waals surface area contributed by atoms with E-state index in [1.54, 1.807) is 36.4 Å². The van der Waals surface area contributed by atoms with Crippen LogP contribution in [0.2, 0.25) is 20.1 Å². The molecule has 4 aliphatic rings. The van der Waals surface area contributed by atoms with Crippen LogP contribution in [0.15, 0.2) is 82.6 Å². The lowest BCUT2D eigenvalue weighted by Gasteiger charge is -2.38. The molecule has 0 bridgehead atoms. The lowest BCUT2D eigenvalue weighted by Crippen LogP contribution is -2.49. The summed E-state index contributed by atoms with van der Waals surface area (Å²) in [7, 11) is -2.95. The monoisotopic (exact) mass is 1310 g/mol. The van der Waals surface area contributed by atoms with Crippen LogP contribution >= 0.6 is 46.4 Å². The van der Waals surface area contributed by atoms with Gasteiger partial charge in [0.2, 0.25) is 0 Å². The maximum Gasteiger partial charge on any atom is 0.314 e. The van der Waals surface area contributed by atoms with E-state index in [-0.39, 0.29) is 60.5 Å². The molecule has 2 heterocycles. The molecule has 2 aliphatic carbocycles. The smallest absolute Gasteiger partial charge is 0.314 e. The molecular weight excluding hydrogens is 1230 g/mol. The number of carbonyl (C=O) groups excluding carboxylic acids is 2. The van der Waals surface area contributed by atoms with Gasteiger partial charge in [0.15, 0.2) is 0 Å². The third-order valence-corrected chi connectivity index (χ3v) is 19.1. The van der Waals surface area contributed by atoms with Crippen LogP contribution in [0.3, 0.4) is 0 Å². The summed E-state index contributed by atoms with van der Waals surface area (Å²) in [6, 6.07) is 21.3. The number of ether oxygens (including phenoxy) is 6. The van der Waals surface area contributed by atoms with Gasteiger partial charge in [-0.2, -0.15) is 0 Å². The van der Waals surface area contributed by atoms with E-state index in [1.165, 1.54) is 0 Å². The number of nitrogens with zero attached hydrogens (tertiary/aromatic N) is 2. The molecule has 0 radical (unpaired) electrons. The molecule has 4 aromatic rings. The van der Waals surface area contributed by atoms with Crippen LogP contribution < -0.4 is 51.7 Å². The number of piperidine rings is 2. The molecule has 2 aliphatic heterocycles. The second-order valence-electron chi connectivity index (χ2n) is 22.3. The topological polar surface area (TPSA) is 254 Å². The Morgan fingerprint density at radius 2 is 0.942 bits per heavy atom.